The van der Waals surface area contributed by atoms with Crippen LogP contribution in [0.5, 0.6) is 0 Å². The Labute approximate surface area is 86.1 Å². The van der Waals surface area contributed by atoms with Crippen LogP contribution in [0.2, 0.25) is 0 Å². The summed E-state index contributed by atoms with van der Waals surface area (Å²) in [5.41, 5.74) is 6.01. The monoisotopic (exact) mass is 221 g/mol. The highest BCUT2D eigenvalue weighted by Gasteiger charge is 2.44. The number of nitrogens with two attached hydrogens (primary N) is 1. The number of halogens is 3. The summed E-state index contributed by atoms with van der Waals surface area (Å²) in [5, 5.41) is 3.76. The largest absolute Gasteiger partial charge is 0.412 e. The Morgan fingerprint density at radius 2 is 2.13 bits per heavy atom. The van der Waals surface area contributed by atoms with Crippen molar-refractivity contribution in [3.63, 3.8) is 0 Å². The number of aromatic nitrogens is 2. The van der Waals surface area contributed by atoms with Crippen LogP contribution in [0.1, 0.15) is 25.1 Å². The molecule has 0 radical (unpaired) electrons. The highest BCUT2D eigenvalue weighted by molar-refractivity contribution is 4.98. The lowest BCUT2D eigenvalue weighted by atomic mass is 10.1. The van der Waals surface area contributed by atoms with E-state index in [2.05, 4.69) is 5.10 Å². The lowest BCUT2D eigenvalue weighted by Gasteiger charge is -2.25. The van der Waals surface area contributed by atoms with Gasteiger partial charge in [-0.25, -0.2) is 0 Å². The van der Waals surface area contributed by atoms with Crippen molar-refractivity contribution in [3.8, 4) is 0 Å². The van der Waals surface area contributed by atoms with Crippen LogP contribution in [0, 0.1) is 6.92 Å². The summed E-state index contributed by atoms with van der Waals surface area (Å²) >= 11 is 0. The maximum atomic E-state index is 12.7. The summed E-state index contributed by atoms with van der Waals surface area (Å²) in [7, 11) is 0. The molecule has 1 heterocycles. The predicted octanol–water partition coefficient (Wildman–Crippen LogP) is 2.03. The van der Waals surface area contributed by atoms with Gasteiger partial charge in [-0.1, -0.05) is 6.92 Å². The third kappa shape index (κ3) is 2.71. The molecule has 1 aromatic heterocycles. The maximum absolute atomic E-state index is 12.7. The minimum atomic E-state index is -4.37. The van der Waals surface area contributed by atoms with Crippen LogP contribution in [-0.2, 0) is 0 Å². The first kappa shape index (κ1) is 12.0. The zero-order valence-corrected chi connectivity index (χ0v) is 8.62. The molecule has 0 aliphatic heterocycles. The van der Waals surface area contributed by atoms with Crippen molar-refractivity contribution in [1.29, 1.82) is 0 Å². The number of hydrogen-bond donors (Lipinski definition) is 1. The second kappa shape index (κ2) is 4.22. The van der Waals surface area contributed by atoms with Crippen LogP contribution in [0.25, 0.3) is 0 Å². The summed E-state index contributed by atoms with van der Waals surface area (Å²) in [4.78, 5) is 0. The van der Waals surface area contributed by atoms with E-state index in [0.29, 0.717) is 5.69 Å². The molecule has 6 heteroatoms. The summed E-state index contributed by atoms with van der Waals surface area (Å²) in [6, 6.07) is -1.18. The van der Waals surface area contributed by atoms with Gasteiger partial charge >= 0.3 is 6.18 Å². The molecule has 2 unspecified atom stereocenters. The molecule has 0 saturated heterocycles. The summed E-state index contributed by atoms with van der Waals surface area (Å²) in [5.74, 6) is 0. The second-order valence-electron chi connectivity index (χ2n) is 3.50. The molecule has 0 aliphatic carbocycles. The molecule has 2 atom stereocenters. The highest BCUT2D eigenvalue weighted by Crippen LogP contribution is 2.33. The molecule has 3 nitrogen and oxygen atoms in total. The molecular formula is C9H14F3N3. The molecule has 1 aromatic rings. The molecule has 2 N–H and O–H groups in total. The predicted molar refractivity (Wildman–Crippen MR) is 50.3 cm³/mol. The zero-order valence-electron chi connectivity index (χ0n) is 8.62. The molecule has 86 valence electrons. The molecule has 0 fully saturated rings. The number of nitrogens with zero attached hydrogens (tertiary/aromatic N) is 2. The SMILES string of the molecule is CCC(N)C(n1ccc(C)n1)C(F)(F)F. The summed E-state index contributed by atoms with van der Waals surface area (Å²) in [6.45, 7) is 3.27. The zero-order chi connectivity index (χ0) is 11.6. The third-order valence-electron chi connectivity index (χ3n) is 2.24. The molecule has 15 heavy (non-hydrogen) atoms. The number of alkyl halides is 3. The fourth-order valence-corrected chi connectivity index (χ4v) is 1.40. The van der Waals surface area contributed by atoms with E-state index in [4.69, 9.17) is 5.73 Å². The Balaban J connectivity index is 3.01. The molecule has 1 rings (SSSR count). The Bertz CT molecular complexity index is 319. The van der Waals surface area contributed by atoms with Gasteiger partial charge in [0, 0.05) is 12.2 Å². The van der Waals surface area contributed by atoms with Crippen molar-refractivity contribution in [2.24, 2.45) is 5.73 Å². The van der Waals surface area contributed by atoms with Gasteiger partial charge in [-0.3, -0.25) is 4.68 Å². The highest BCUT2D eigenvalue weighted by atomic mass is 19.4. The molecular weight excluding hydrogens is 207 g/mol. The first-order valence-corrected chi connectivity index (χ1v) is 4.70. The van der Waals surface area contributed by atoms with Gasteiger partial charge in [-0.05, 0) is 19.4 Å². The Morgan fingerprint density at radius 1 is 1.53 bits per heavy atom. The van der Waals surface area contributed by atoms with Crippen LogP contribution in [-0.4, -0.2) is 22.0 Å². The summed E-state index contributed by atoms with van der Waals surface area (Å²) in [6.07, 6.45) is -2.81. The van der Waals surface area contributed by atoms with Crippen molar-refractivity contribution in [3.05, 3.63) is 18.0 Å². The van der Waals surface area contributed by atoms with Crippen LogP contribution in [0.3, 0.4) is 0 Å². The molecule has 0 aliphatic rings. The molecule has 0 aromatic carbocycles. The van der Waals surface area contributed by atoms with Gasteiger partial charge in [0.2, 0.25) is 0 Å². The normalized spacial score (nSPS) is 16.4. The van der Waals surface area contributed by atoms with E-state index in [1.54, 1.807) is 13.8 Å². The average molecular weight is 221 g/mol. The number of rotatable bonds is 3. The van der Waals surface area contributed by atoms with Crippen LogP contribution >= 0.6 is 0 Å². The average Bonchev–Trinajstić information content (AvgIpc) is 2.49. The fourth-order valence-electron chi connectivity index (χ4n) is 1.40. The van der Waals surface area contributed by atoms with Crippen molar-refractivity contribution in [2.45, 2.75) is 38.5 Å². The maximum Gasteiger partial charge on any atom is 0.412 e. The van der Waals surface area contributed by atoms with Crippen molar-refractivity contribution < 1.29 is 13.2 Å². The topological polar surface area (TPSA) is 43.8 Å². The quantitative estimate of drug-likeness (QED) is 0.848. The molecule has 0 saturated carbocycles. The third-order valence-corrected chi connectivity index (χ3v) is 2.24. The minimum absolute atomic E-state index is 0.253. The van der Waals surface area contributed by atoms with Crippen molar-refractivity contribution in [2.75, 3.05) is 0 Å². The van der Waals surface area contributed by atoms with Crippen molar-refractivity contribution >= 4 is 0 Å². The van der Waals surface area contributed by atoms with Gasteiger partial charge in [-0.2, -0.15) is 18.3 Å². The van der Waals surface area contributed by atoms with Crippen LogP contribution in [0.15, 0.2) is 12.3 Å². The molecule has 0 bridgehead atoms. The van der Waals surface area contributed by atoms with Gasteiger partial charge in [0.25, 0.3) is 0 Å². The van der Waals surface area contributed by atoms with E-state index < -0.39 is 18.3 Å². The summed E-state index contributed by atoms with van der Waals surface area (Å²) < 4.78 is 39.0. The van der Waals surface area contributed by atoms with E-state index in [-0.39, 0.29) is 6.42 Å². The molecule has 0 amide bonds. The second-order valence-corrected chi connectivity index (χ2v) is 3.50. The van der Waals surface area contributed by atoms with Crippen LogP contribution in [0.4, 0.5) is 13.2 Å². The lowest BCUT2D eigenvalue weighted by Crippen LogP contribution is -2.41. The van der Waals surface area contributed by atoms with Gasteiger partial charge < -0.3 is 5.73 Å². The molecule has 0 spiro atoms. The van der Waals surface area contributed by atoms with Gasteiger partial charge in [-0.15, -0.1) is 0 Å². The van der Waals surface area contributed by atoms with Crippen LogP contribution < -0.4 is 5.73 Å². The van der Waals surface area contributed by atoms with Crippen molar-refractivity contribution in [1.82, 2.24) is 9.78 Å². The van der Waals surface area contributed by atoms with E-state index >= 15 is 0 Å². The first-order valence-electron chi connectivity index (χ1n) is 4.70. The van der Waals surface area contributed by atoms with Gasteiger partial charge in [0.05, 0.1) is 5.69 Å². The van der Waals surface area contributed by atoms with Gasteiger partial charge in [0.1, 0.15) is 0 Å². The number of hydrogen-bond acceptors (Lipinski definition) is 2. The van der Waals surface area contributed by atoms with E-state index in [9.17, 15) is 13.2 Å². The van der Waals surface area contributed by atoms with E-state index in [1.807, 2.05) is 0 Å². The number of aryl methyl sites for hydroxylation is 1. The Kier molecular flexibility index (Phi) is 3.38. The van der Waals surface area contributed by atoms with E-state index in [0.717, 1.165) is 4.68 Å². The fraction of sp³-hybridized carbons (Fsp3) is 0.667. The standard InChI is InChI=1S/C9H14F3N3/c1-3-7(13)8(9(10,11)12)15-5-4-6(2)14-15/h4-5,7-8H,3,13H2,1-2H3. The minimum Gasteiger partial charge on any atom is -0.326 e. The first-order chi connectivity index (χ1) is 6.86. The smallest absolute Gasteiger partial charge is 0.326 e. The Hall–Kier alpha value is -1.04. The van der Waals surface area contributed by atoms with Gasteiger partial charge in [0.15, 0.2) is 6.04 Å². The lowest BCUT2D eigenvalue weighted by molar-refractivity contribution is -0.175. The Morgan fingerprint density at radius 3 is 2.47 bits per heavy atom. The van der Waals surface area contributed by atoms with E-state index in [1.165, 1.54) is 12.3 Å².